The number of aromatic nitrogens is 3. The maximum atomic E-state index is 12.9. The molecule has 1 fully saturated rings. The third kappa shape index (κ3) is 4.41. The lowest BCUT2D eigenvalue weighted by Crippen LogP contribution is -2.41. The van der Waals surface area contributed by atoms with Gasteiger partial charge in [0.2, 0.25) is 0 Å². The van der Waals surface area contributed by atoms with Crippen molar-refractivity contribution >= 4 is 29.0 Å². The van der Waals surface area contributed by atoms with Gasteiger partial charge in [-0.05, 0) is 39.5 Å². The Hall–Kier alpha value is -1.86. The van der Waals surface area contributed by atoms with Crippen LogP contribution in [-0.4, -0.2) is 46.1 Å². The van der Waals surface area contributed by atoms with Gasteiger partial charge in [0.25, 0.3) is 0 Å². The summed E-state index contributed by atoms with van der Waals surface area (Å²) in [6.45, 7) is 7.50. The molecule has 2 aromatic rings. The molecule has 25 heavy (non-hydrogen) atoms. The quantitative estimate of drug-likeness (QED) is 0.830. The molecule has 1 aliphatic rings. The second-order valence-corrected chi connectivity index (χ2v) is 7.58. The summed E-state index contributed by atoms with van der Waals surface area (Å²) in [6, 6.07) is 1.66. The van der Waals surface area contributed by atoms with E-state index in [9.17, 15) is 4.79 Å². The molecule has 0 aliphatic carbocycles. The number of halogens is 1. The molecule has 136 valence electrons. The van der Waals surface area contributed by atoms with E-state index in [1.165, 1.54) is 0 Å². The lowest BCUT2D eigenvalue weighted by atomic mass is 9.99. The number of imidazole rings is 1. The minimum Gasteiger partial charge on any atom is -0.443 e. The van der Waals surface area contributed by atoms with E-state index in [-0.39, 0.29) is 0 Å². The summed E-state index contributed by atoms with van der Waals surface area (Å²) in [5.74, 6) is 0.336. The Kier molecular flexibility index (Phi) is 5.15. The zero-order valence-electron chi connectivity index (χ0n) is 14.7. The predicted octanol–water partition coefficient (Wildman–Crippen LogP) is 3.55. The molecule has 3 heterocycles. The highest BCUT2D eigenvalue weighted by molar-refractivity contribution is 6.29. The molecule has 0 saturated carbocycles. The Balaban J connectivity index is 1.96. The summed E-state index contributed by atoms with van der Waals surface area (Å²) in [5, 5.41) is 4.47. The summed E-state index contributed by atoms with van der Waals surface area (Å²) in [5.41, 5.74) is 0.584. The number of hydrogen-bond acceptors (Lipinski definition) is 5. The molecule has 1 amide bonds. The molecule has 2 aromatic heterocycles. The maximum Gasteiger partial charge on any atom is 0.414 e. The largest absolute Gasteiger partial charge is 0.443 e. The first-order valence-electron chi connectivity index (χ1n) is 8.41. The van der Waals surface area contributed by atoms with Crippen molar-refractivity contribution < 1.29 is 14.3 Å². The van der Waals surface area contributed by atoms with Gasteiger partial charge < -0.3 is 9.47 Å². The van der Waals surface area contributed by atoms with E-state index in [0.29, 0.717) is 42.2 Å². The topological polar surface area (TPSA) is 69.0 Å². The molecular formula is C17H23ClN4O3. The zero-order chi connectivity index (χ0) is 18.0. The molecule has 7 nitrogen and oxygen atoms in total. The Labute approximate surface area is 151 Å². The molecule has 0 radical (unpaired) electrons. The van der Waals surface area contributed by atoms with Crippen LogP contribution < -0.4 is 4.90 Å². The van der Waals surface area contributed by atoms with Crippen molar-refractivity contribution in [1.29, 1.82) is 0 Å². The van der Waals surface area contributed by atoms with Gasteiger partial charge in [0, 0.05) is 38.2 Å². The summed E-state index contributed by atoms with van der Waals surface area (Å²) >= 11 is 6.15. The SMILES string of the molecule is CC(C)(C)OC(=O)N(CC1CCOCC1)c1cc(Cl)nn2ccnc12. The van der Waals surface area contributed by atoms with Gasteiger partial charge in [-0.15, -0.1) is 0 Å². The van der Waals surface area contributed by atoms with Crippen LogP contribution in [0.3, 0.4) is 0 Å². The van der Waals surface area contributed by atoms with Crippen molar-refractivity contribution in [1.82, 2.24) is 14.6 Å². The molecule has 0 atom stereocenters. The Morgan fingerprint density at radius 1 is 1.44 bits per heavy atom. The van der Waals surface area contributed by atoms with Crippen LogP contribution in [0.25, 0.3) is 5.65 Å². The second-order valence-electron chi connectivity index (χ2n) is 7.19. The minimum absolute atomic E-state index is 0.293. The summed E-state index contributed by atoms with van der Waals surface area (Å²) in [4.78, 5) is 18.8. The standard InChI is InChI=1S/C17H23ClN4O3/c1-17(2,3)25-16(23)21(11-12-4-8-24-9-5-12)13-10-14(18)20-22-7-6-19-15(13)22/h6-7,10,12H,4-5,8-9,11H2,1-3H3. The average Bonchev–Trinajstić information content (AvgIpc) is 2.99. The van der Waals surface area contributed by atoms with Crippen molar-refractivity contribution in [2.75, 3.05) is 24.7 Å². The lowest BCUT2D eigenvalue weighted by Gasteiger charge is -2.31. The minimum atomic E-state index is -0.590. The molecule has 0 bridgehead atoms. The Bertz CT molecular complexity index is 750. The molecule has 8 heteroatoms. The van der Waals surface area contributed by atoms with Gasteiger partial charge in [0.15, 0.2) is 10.8 Å². The van der Waals surface area contributed by atoms with Gasteiger partial charge in [-0.25, -0.2) is 14.3 Å². The fraction of sp³-hybridized carbons (Fsp3) is 0.588. The number of hydrogen-bond donors (Lipinski definition) is 0. The Morgan fingerprint density at radius 2 is 2.16 bits per heavy atom. The highest BCUT2D eigenvalue weighted by Crippen LogP contribution is 2.28. The molecule has 0 unspecified atom stereocenters. The molecule has 3 rings (SSSR count). The van der Waals surface area contributed by atoms with Crippen LogP contribution in [0.1, 0.15) is 33.6 Å². The van der Waals surface area contributed by atoms with Crippen molar-refractivity contribution in [3.05, 3.63) is 23.6 Å². The molecule has 1 aliphatic heterocycles. The normalized spacial score (nSPS) is 16.2. The first-order valence-corrected chi connectivity index (χ1v) is 8.79. The summed E-state index contributed by atoms with van der Waals surface area (Å²) < 4.78 is 12.6. The van der Waals surface area contributed by atoms with Gasteiger partial charge in [-0.3, -0.25) is 4.90 Å². The van der Waals surface area contributed by atoms with Crippen molar-refractivity contribution in [2.45, 2.75) is 39.2 Å². The lowest BCUT2D eigenvalue weighted by molar-refractivity contribution is 0.0515. The zero-order valence-corrected chi connectivity index (χ0v) is 15.5. The van der Waals surface area contributed by atoms with Crippen LogP contribution >= 0.6 is 11.6 Å². The van der Waals surface area contributed by atoms with E-state index < -0.39 is 11.7 Å². The number of nitrogens with zero attached hydrogens (tertiary/aromatic N) is 4. The number of carbonyl (C=O) groups excluding carboxylic acids is 1. The molecule has 0 aromatic carbocycles. The number of ether oxygens (including phenoxy) is 2. The third-order valence-electron chi connectivity index (χ3n) is 4.00. The van der Waals surface area contributed by atoms with Gasteiger partial charge >= 0.3 is 6.09 Å². The fourth-order valence-electron chi connectivity index (χ4n) is 2.84. The van der Waals surface area contributed by atoms with Gasteiger partial charge in [-0.1, -0.05) is 11.6 Å². The van der Waals surface area contributed by atoms with E-state index in [0.717, 1.165) is 12.8 Å². The number of amides is 1. The highest BCUT2D eigenvalue weighted by Gasteiger charge is 2.29. The first-order chi connectivity index (χ1) is 11.8. The number of carbonyl (C=O) groups is 1. The van der Waals surface area contributed by atoms with Crippen LogP contribution in [0.2, 0.25) is 5.15 Å². The molecule has 0 spiro atoms. The monoisotopic (exact) mass is 366 g/mol. The van der Waals surface area contributed by atoms with Crippen LogP contribution in [0, 0.1) is 5.92 Å². The number of rotatable bonds is 3. The average molecular weight is 367 g/mol. The van der Waals surface area contributed by atoms with E-state index in [2.05, 4.69) is 10.1 Å². The van der Waals surface area contributed by atoms with Gasteiger partial charge in [0.05, 0.1) is 5.69 Å². The van der Waals surface area contributed by atoms with Crippen molar-refractivity contribution in [3.8, 4) is 0 Å². The maximum absolute atomic E-state index is 12.9. The van der Waals surface area contributed by atoms with E-state index in [1.807, 2.05) is 20.8 Å². The Morgan fingerprint density at radius 3 is 2.84 bits per heavy atom. The van der Waals surface area contributed by atoms with Crippen LogP contribution in [0.5, 0.6) is 0 Å². The first kappa shape index (κ1) is 17.9. The van der Waals surface area contributed by atoms with Crippen molar-refractivity contribution in [2.24, 2.45) is 5.92 Å². The van der Waals surface area contributed by atoms with Crippen molar-refractivity contribution in [3.63, 3.8) is 0 Å². The molecule has 1 saturated heterocycles. The smallest absolute Gasteiger partial charge is 0.414 e. The summed E-state index contributed by atoms with van der Waals surface area (Å²) in [7, 11) is 0. The van der Waals surface area contributed by atoms with Gasteiger partial charge in [-0.2, -0.15) is 5.10 Å². The molecule has 0 N–H and O–H groups in total. The second kappa shape index (κ2) is 7.17. The van der Waals surface area contributed by atoms with Gasteiger partial charge in [0.1, 0.15) is 5.60 Å². The van der Waals surface area contributed by atoms with Crippen LogP contribution in [0.15, 0.2) is 18.5 Å². The molecular weight excluding hydrogens is 344 g/mol. The fourth-order valence-corrected chi connectivity index (χ4v) is 3.03. The summed E-state index contributed by atoms with van der Waals surface area (Å²) in [6.07, 6.45) is 4.73. The number of anilines is 1. The van der Waals surface area contributed by atoms with E-state index >= 15 is 0 Å². The predicted molar refractivity (Wildman–Crippen MR) is 95.1 cm³/mol. The van der Waals surface area contributed by atoms with Crippen LogP contribution in [-0.2, 0) is 9.47 Å². The van der Waals surface area contributed by atoms with Crippen LogP contribution in [0.4, 0.5) is 10.5 Å². The van der Waals surface area contributed by atoms with E-state index in [4.69, 9.17) is 21.1 Å². The third-order valence-corrected chi connectivity index (χ3v) is 4.18. The van der Waals surface area contributed by atoms with E-state index in [1.54, 1.807) is 27.9 Å². The number of fused-ring (bicyclic) bond motifs is 1. The highest BCUT2D eigenvalue weighted by atomic mass is 35.5.